The highest BCUT2D eigenvalue weighted by Crippen LogP contribution is 2.21. The molecule has 0 saturated carbocycles. The van der Waals surface area contributed by atoms with Crippen molar-refractivity contribution in [2.45, 2.75) is 78.1 Å². The van der Waals surface area contributed by atoms with Gasteiger partial charge in [-0.3, -0.25) is 0 Å². The maximum atomic E-state index is 6.25. The van der Waals surface area contributed by atoms with Crippen LogP contribution in [0.25, 0.3) is 0 Å². The summed E-state index contributed by atoms with van der Waals surface area (Å²) in [6, 6.07) is 0. The van der Waals surface area contributed by atoms with Crippen molar-refractivity contribution in [2.75, 3.05) is 26.2 Å². The second-order valence-electron chi connectivity index (χ2n) is 6.06. The first-order chi connectivity index (χ1) is 9.33. The smallest absolute Gasteiger partial charge is 0.0788 e. The Morgan fingerprint density at radius 1 is 0.737 bits per heavy atom. The van der Waals surface area contributed by atoms with Crippen molar-refractivity contribution in [3.05, 3.63) is 6.57 Å². The molecule has 1 saturated heterocycles. The molecule has 1 fully saturated rings. The molecule has 1 rings (SSSR count). The summed E-state index contributed by atoms with van der Waals surface area (Å²) in [6.07, 6.45) is 14.5. The van der Waals surface area contributed by atoms with Gasteiger partial charge in [-0.1, -0.05) is 46.0 Å². The third-order valence-corrected chi connectivity index (χ3v) is 4.45. The van der Waals surface area contributed by atoms with Crippen LogP contribution in [0.1, 0.15) is 78.1 Å². The fourth-order valence-electron chi connectivity index (χ4n) is 3.44. The molecular weight excluding hydrogens is 232 g/mol. The van der Waals surface area contributed by atoms with Crippen LogP contribution in [0.5, 0.6) is 0 Å². The third-order valence-electron chi connectivity index (χ3n) is 4.45. The standard InChI is InChI=1S/C16H34N.CN/c1-3-5-6-7-8-9-10-14-17(13-4-2)15-11-12-16-17;1-2/h3-16H2,1-2H3;/q+1;-1. The van der Waals surface area contributed by atoms with E-state index in [0.717, 1.165) is 0 Å². The van der Waals surface area contributed by atoms with Crippen LogP contribution in [-0.2, 0) is 0 Å². The topological polar surface area (TPSA) is 23.8 Å². The van der Waals surface area contributed by atoms with Gasteiger partial charge in [0.05, 0.1) is 26.2 Å². The molecule has 1 heterocycles. The van der Waals surface area contributed by atoms with E-state index in [9.17, 15) is 0 Å². The Balaban J connectivity index is 0.00000154. The molecule has 1 aliphatic heterocycles. The first-order valence-corrected chi connectivity index (χ1v) is 8.40. The Morgan fingerprint density at radius 3 is 1.79 bits per heavy atom. The maximum absolute atomic E-state index is 6.25. The Labute approximate surface area is 121 Å². The Hall–Kier alpha value is -0.550. The summed E-state index contributed by atoms with van der Waals surface area (Å²) in [5.41, 5.74) is 0. The van der Waals surface area contributed by atoms with Gasteiger partial charge in [-0.25, -0.2) is 0 Å². The number of likely N-dealkylation sites (tertiary alicyclic amines) is 1. The Bertz CT molecular complexity index is 205. The lowest BCUT2D eigenvalue weighted by molar-refractivity contribution is -0.917. The molecule has 0 atom stereocenters. The maximum Gasteiger partial charge on any atom is 0.0788 e. The number of nitrogens with zero attached hydrogens (tertiary/aromatic N) is 2. The van der Waals surface area contributed by atoms with Gasteiger partial charge in [0.25, 0.3) is 0 Å². The number of rotatable bonds is 10. The highest BCUT2D eigenvalue weighted by molar-refractivity contribution is 4.56. The minimum absolute atomic E-state index is 1.37. The molecule has 0 bridgehead atoms. The molecule has 0 aromatic heterocycles. The zero-order chi connectivity index (χ0) is 14.4. The lowest BCUT2D eigenvalue weighted by Gasteiger charge is -2.34. The predicted octanol–water partition coefficient (Wildman–Crippen LogP) is 4.85. The number of hydrogen-bond donors (Lipinski definition) is 0. The van der Waals surface area contributed by atoms with Crippen LogP contribution >= 0.6 is 0 Å². The van der Waals surface area contributed by atoms with Crippen LogP contribution in [0.4, 0.5) is 0 Å². The molecule has 0 radical (unpaired) electrons. The average molecular weight is 266 g/mol. The van der Waals surface area contributed by atoms with Gasteiger partial charge in [0, 0.05) is 12.8 Å². The van der Waals surface area contributed by atoms with Crippen LogP contribution in [0.3, 0.4) is 0 Å². The molecule has 2 nitrogen and oxygen atoms in total. The van der Waals surface area contributed by atoms with Gasteiger partial charge in [-0.15, -0.1) is 0 Å². The van der Waals surface area contributed by atoms with Gasteiger partial charge in [0.1, 0.15) is 0 Å². The first-order valence-electron chi connectivity index (χ1n) is 8.40. The second-order valence-corrected chi connectivity index (χ2v) is 6.06. The van der Waals surface area contributed by atoms with Crippen molar-refractivity contribution >= 4 is 0 Å². The first kappa shape index (κ1) is 18.4. The fourth-order valence-corrected chi connectivity index (χ4v) is 3.44. The van der Waals surface area contributed by atoms with E-state index in [2.05, 4.69) is 13.8 Å². The number of hydrogen-bond acceptors (Lipinski definition) is 1. The average Bonchev–Trinajstić information content (AvgIpc) is 2.89. The van der Waals surface area contributed by atoms with Crippen molar-refractivity contribution < 1.29 is 4.48 Å². The summed E-state index contributed by atoms with van der Waals surface area (Å²) in [5, 5.41) is 6.25. The summed E-state index contributed by atoms with van der Waals surface area (Å²) in [6.45, 7) is 15.3. The van der Waals surface area contributed by atoms with Crippen molar-refractivity contribution in [3.8, 4) is 0 Å². The molecule has 0 aliphatic carbocycles. The van der Waals surface area contributed by atoms with Gasteiger partial charge in [-0.2, -0.15) is 0 Å². The van der Waals surface area contributed by atoms with Gasteiger partial charge in [0.2, 0.25) is 0 Å². The molecule has 112 valence electrons. The number of quaternary nitrogens is 1. The van der Waals surface area contributed by atoms with Crippen LogP contribution < -0.4 is 0 Å². The quantitative estimate of drug-likeness (QED) is 0.315. The van der Waals surface area contributed by atoms with Crippen LogP contribution in [0, 0.1) is 11.8 Å². The molecule has 2 heteroatoms. The molecule has 0 N–H and O–H groups in total. The van der Waals surface area contributed by atoms with E-state index in [-0.39, 0.29) is 0 Å². The molecular formula is C17H34N2. The molecule has 0 unspecified atom stereocenters. The monoisotopic (exact) mass is 266 g/mol. The van der Waals surface area contributed by atoms with Crippen molar-refractivity contribution in [2.24, 2.45) is 0 Å². The zero-order valence-corrected chi connectivity index (χ0v) is 13.3. The summed E-state index contributed by atoms with van der Waals surface area (Å²) in [7, 11) is 0. The normalized spacial score (nSPS) is 16.8. The largest absolute Gasteiger partial charge is 0.512 e. The van der Waals surface area contributed by atoms with E-state index < -0.39 is 0 Å². The molecule has 0 spiro atoms. The van der Waals surface area contributed by atoms with Gasteiger partial charge >= 0.3 is 0 Å². The van der Waals surface area contributed by atoms with E-state index >= 15 is 0 Å². The van der Waals surface area contributed by atoms with Crippen molar-refractivity contribution in [1.29, 1.82) is 5.26 Å². The van der Waals surface area contributed by atoms with E-state index in [1.165, 1.54) is 94.9 Å². The lowest BCUT2D eigenvalue weighted by Crippen LogP contribution is -2.46. The minimum atomic E-state index is 1.37. The summed E-state index contributed by atoms with van der Waals surface area (Å²) < 4.78 is 1.46. The molecule has 0 aromatic rings. The van der Waals surface area contributed by atoms with E-state index in [4.69, 9.17) is 11.8 Å². The van der Waals surface area contributed by atoms with Crippen molar-refractivity contribution in [1.82, 2.24) is 0 Å². The highest BCUT2D eigenvalue weighted by atomic mass is 15.4. The van der Waals surface area contributed by atoms with E-state index in [0.29, 0.717) is 0 Å². The number of unbranched alkanes of at least 4 members (excludes halogenated alkanes) is 6. The lowest BCUT2D eigenvalue weighted by atomic mass is 10.1. The second kappa shape index (κ2) is 12.5. The van der Waals surface area contributed by atoms with E-state index in [1.807, 2.05) is 0 Å². The molecule has 19 heavy (non-hydrogen) atoms. The molecule has 1 aliphatic rings. The summed E-state index contributed by atoms with van der Waals surface area (Å²) >= 11 is 0. The van der Waals surface area contributed by atoms with Crippen LogP contribution in [0.15, 0.2) is 0 Å². The van der Waals surface area contributed by atoms with Crippen molar-refractivity contribution in [3.63, 3.8) is 0 Å². The van der Waals surface area contributed by atoms with Gasteiger partial charge in [-0.05, 0) is 19.3 Å². The minimum Gasteiger partial charge on any atom is -0.512 e. The predicted molar refractivity (Wildman–Crippen MR) is 82.2 cm³/mol. The fraction of sp³-hybridized carbons (Fsp3) is 0.941. The Morgan fingerprint density at radius 2 is 1.26 bits per heavy atom. The molecule has 0 amide bonds. The van der Waals surface area contributed by atoms with Crippen LogP contribution in [0.2, 0.25) is 0 Å². The van der Waals surface area contributed by atoms with Gasteiger partial charge in [0.15, 0.2) is 0 Å². The third kappa shape index (κ3) is 8.26. The summed E-state index contributed by atoms with van der Waals surface area (Å²) in [5.74, 6) is 0. The Kier molecular flexibility index (Phi) is 12.1. The molecule has 0 aromatic carbocycles. The zero-order valence-electron chi connectivity index (χ0n) is 13.3. The SMILES string of the molecule is CCCCCCCCC[N+]1(CCC)CCCC1.[C-]#N. The highest BCUT2D eigenvalue weighted by Gasteiger charge is 2.29. The summed E-state index contributed by atoms with van der Waals surface area (Å²) in [4.78, 5) is 0. The van der Waals surface area contributed by atoms with E-state index in [1.54, 1.807) is 0 Å². The van der Waals surface area contributed by atoms with Gasteiger partial charge < -0.3 is 16.3 Å². The van der Waals surface area contributed by atoms with Crippen LogP contribution in [-0.4, -0.2) is 30.7 Å².